The summed E-state index contributed by atoms with van der Waals surface area (Å²) in [5, 5.41) is 0. The van der Waals surface area contributed by atoms with Crippen molar-refractivity contribution < 1.29 is 4.84 Å². The summed E-state index contributed by atoms with van der Waals surface area (Å²) in [6.45, 7) is 2.50. The van der Waals surface area contributed by atoms with Crippen molar-refractivity contribution in [1.29, 1.82) is 0 Å². The van der Waals surface area contributed by atoms with Gasteiger partial charge in [-0.3, -0.25) is 0 Å². The fourth-order valence-electron chi connectivity index (χ4n) is 1.19. The van der Waals surface area contributed by atoms with Gasteiger partial charge in [0, 0.05) is 0 Å². The molecular formula is C11H12N2O. The van der Waals surface area contributed by atoms with Crippen molar-refractivity contribution in [3.05, 3.63) is 54.1 Å². The van der Waals surface area contributed by atoms with Crippen LogP contribution in [0.5, 0.6) is 0 Å². The molecule has 0 radical (unpaired) electrons. The molecule has 0 unspecified atom stereocenters. The molecule has 1 aromatic heterocycles. The molecule has 2 aromatic rings. The second kappa shape index (κ2) is 3.96. The minimum absolute atomic E-state index is 0.566. The fourth-order valence-corrected chi connectivity index (χ4v) is 1.19. The summed E-state index contributed by atoms with van der Waals surface area (Å²) in [5.74, 6) is 0. The lowest BCUT2D eigenvalue weighted by Gasteiger charge is -2.04. The number of hydrogen-bond donors (Lipinski definition) is 0. The third-order valence-electron chi connectivity index (χ3n) is 1.91. The van der Waals surface area contributed by atoms with Crippen LogP contribution in [-0.2, 0) is 6.61 Å². The summed E-state index contributed by atoms with van der Waals surface area (Å²) in [5.41, 5.74) is 2.11. The third-order valence-corrected chi connectivity index (χ3v) is 1.91. The normalized spacial score (nSPS) is 10.1. The second-order valence-electron chi connectivity index (χ2n) is 3.13. The molecule has 0 N–H and O–H groups in total. The number of benzene rings is 1. The zero-order chi connectivity index (χ0) is 9.80. The quantitative estimate of drug-likeness (QED) is 0.734. The van der Waals surface area contributed by atoms with Gasteiger partial charge in [-0.1, -0.05) is 30.3 Å². The van der Waals surface area contributed by atoms with Crippen molar-refractivity contribution in [2.75, 3.05) is 0 Å². The Hall–Kier alpha value is -1.77. The highest BCUT2D eigenvalue weighted by atomic mass is 16.7. The largest absolute Gasteiger partial charge is 0.408 e. The standard InChI is InChI=1S/C11H12N2O/c1-10-7-13(9-12-10)14-8-11-5-3-2-4-6-11/h2-7,9H,8H2,1H3. The van der Waals surface area contributed by atoms with Crippen molar-refractivity contribution >= 4 is 0 Å². The molecule has 1 heterocycles. The topological polar surface area (TPSA) is 27.1 Å². The Kier molecular flexibility index (Phi) is 2.49. The fraction of sp³-hybridized carbons (Fsp3) is 0.182. The summed E-state index contributed by atoms with van der Waals surface area (Å²) in [4.78, 5) is 9.53. The Bertz CT molecular complexity index is 395. The molecule has 0 saturated heterocycles. The molecule has 0 aliphatic rings. The van der Waals surface area contributed by atoms with E-state index >= 15 is 0 Å². The highest BCUT2D eigenvalue weighted by Crippen LogP contribution is 1.99. The molecule has 0 saturated carbocycles. The molecule has 0 aliphatic carbocycles. The lowest BCUT2D eigenvalue weighted by molar-refractivity contribution is 0.0968. The van der Waals surface area contributed by atoms with Gasteiger partial charge >= 0.3 is 0 Å². The first-order valence-electron chi connectivity index (χ1n) is 4.52. The predicted octanol–water partition coefficient (Wildman–Crippen LogP) is 1.82. The van der Waals surface area contributed by atoms with E-state index in [0.717, 1.165) is 11.3 Å². The Balaban J connectivity index is 1.95. The number of rotatable bonds is 3. The van der Waals surface area contributed by atoms with Crippen LogP contribution in [0, 0.1) is 6.92 Å². The van der Waals surface area contributed by atoms with Gasteiger partial charge < -0.3 is 4.84 Å². The smallest absolute Gasteiger partial charge is 0.140 e. The lowest BCUT2D eigenvalue weighted by atomic mass is 10.2. The van der Waals surface area contributed by atoms with Crippen LogP contribution < -0.4 is 4.84 Å². The van der Waals surface area contributed by atoms with E-state index in [1.807, 2.05) is 43.5 Å². The minimum atomic E-state index is 0.566. The molecular weight excluding hydrogens is 176 g/mol. The van der Waals surface area contributed by atoms with Gasteiger partial charge in [0.2, 0.25) is 0 Å². The van der Waals surface area contributed by atoms with Gasteiger partial charge in [0.15, 0.2) is 0 Å². The summed E-state index contributed by atoms with van der Waals surface area (Å²) in [7, 11) is 0. The van der Waals surface area contributed by atoms with Crippen LogP contribution in [0.2, 0.25) is 0 Å². The molecule has 72 valence electrons. The van der Waals surface area contributed by atoms with E-state index in [1.54, 1.807) is 11.1 Å². The van der Waals surface area contributed by atoms with E-state index < -0.39 is 0 Å². The van der Waals surface area contributed by atoms with E-state index in [2.05, 4.69) is 4.98 Å². The Morgan fingerprint density at radius 1 is 1.29 bits per heavy atom. The number of aromatic nitrogens is 2. The molecule has 0 atom stereocenters. The maximum Gasteiger partial charge on any atom is 0.140 e. The Morgan fingerprint density at radius 3 is 2.71 bits per heavy atom. The van der Waals surface area contributed by atoms with Crippen LogP contribution >= 0.6 is 0 Å². The highest BCUT2D eigenvalue weighted by Gasteiger charge is 1.94. The van der Waals surface area contributed by atoms with Crippen molar-refractivity contribution in [3.63, 3.8) is 0 Å². The molecule has 0 bridgehead atoms. The van der Waals surface area contributed by atoms with Gasteiger partial charge in [0.1, 0.15) is 12.9 Å². The van der Waals surface area contributed by atoms with Crippen molar-refractivity contribution in [1.82, 2.24) is 9.71 Å². The third kappa shape index (κ3) is 2.13. The number of imidazole rings is 1. The zero-order valence-electron chi connectivity index (χ0n) is 8.05. The first kappa shape index (κ1) is 8.81. The van der Waals surface area contributed by atoms with Crippen molar-refractivity contribution in [3.8, 4) is 0 Å². The van der Waals surface area contributed by atoms with Gasteiger partial charge in [-0.05, 0) is 12.5 Å². The first-order valence-corrected chi connectivity index (χ1v) is 4.52. The van der Waals surface area contributed by atoms with Gasteiger partial charge in [0.05, 0.1) is 11.9 Å². The average Bonchev–Trinajstić information content (AvgIpc) is 2.63. The van der Waals surface area contributed by atoms with Crippen LogP contribution in [0.25, 0.3) is 0 Å². The second-order valence-corrected chi connectivity index (χ2v) is 3.13. The van der Waals surface area contributed by atoms with Crippen LogP contribution in [-0.4, -0.2) is 9.71 Å². The van der Waals surface area contributed by atoms with Crippen LogP contribution in [0.4, 0.5) is 0 Å². The van der Waals surface area contributed by atoms with Gasteiger partial charge in [-0.15, -0.1) is 0 Å². The van der Waals surface area contributed by atoms with E-state index in [9.17, 15) is 0 Å². The Morgan fingerprint density at radius 2 is 2.07 bits per heavy atom. The Labute approximate surface area is 82.9 Å². The molecule has 0 spiro atoms. The van der Waals surface area contributed by atoms with Crippen LogP contribution in [0.1, 0.15) is 11.3 Å². The molecule has 1 aromatic carbocycles. The molecule has 14 heavy (non-hydrogen) atoms. The summed E-state index contributed by atoms with van der Waals surface area (Å²) < 4.78 is 1.63. The lowest BCUT2D eigenvalue weighted by Crippen LogP contribution is -2.08. The van der Waals surface area contributed by atoms with Gasteiger partial charge in [0.25, 0.3) is 0 Å². The molecule has 0 aliphatic heterocycles. The van der Waals surface area contributed by atoms with Gasteiger partial charge in [-0.25, -0.2) is 4.98 Å². The molecule has 3 nitrogen and oxygen atoms in total. The molecule has 2 rings (SSSR count). The predicted molar refractivity (Wildman–Crippen MR) is 53.7 cm³/mol. The maximum absolute atomic E-state index is 5.47. The van der Waals surface area contributed by atoms with Crippen molar-refractivity contribution in [2.24, 2.45) is 0 Å². The summed E-state index contributed by atoms with van der Waals surface area (Å²) in [6, 6.07) is 10.0. The zero-order valence-corrected chi connectivity index (χ0v) is 8.05. The first-order chi connectivity index (χ1) is 6.84. The summed E-state index contributed by atoms with van der Waals surface area (Å²) in [6.07, 6.45) is 3.52. The minimum Gasteiger partial charge on any atom is -0.408 e. The van der Waals surface area contributed by atoms with E-state index in [1.165, 1.54) is 0 Å². The van der Waals surface area contributed by atoms with Crippen molar-refractivity contribution in [2.45, 2.75) is 13.5 Å². The number of hydrogen-bond acceptors (Lipinski definition) is 2. The number of nitrogens with zero attached hydrogens (tertiary/aromatic N) is 2. The van der Waals surface area contributed by atoms with Crippen LogP contribution in [0.15, 0.2) is 42.9 Å². The van der Waals surface area contributed by atoms with Gasteiger partial charge in [-0.2, -0.15) is 4.73 Å². The average molecular weight is 188 g/mol. The maximum atomic E-state index is 5.47. The highest BCUT2D eigenvalue weighted by molar-refractivity contribution is 5.13. The monoisotopic (exact) mass is 188 g/mol. The molecule has 0 fully saturated rings. The van der Waals surface area contributed by atoms with E-state index in [4.69, 9.17) is 4.84 Å². The van der Waals surface area contributed by atoms with E-state index in [-0.39, 0.29) is 0 Å². The molecule has 3 heteroatoms. The van der Waals surface area contributed by atoms with E-state index in [0.29, 0.717) is 6.61 Å². The molecule has 0 amide bonds. The van der Waals surface area contributed by atoms with Crippen LogP contribution in [0.3, 0.4) is 0 Å². The summed E-state index contributed by atoms with van der Waals surface area (Å²) >= 11 is 0. The SMILES string of the molecule is Cc1cn(OCc2ccccc2)cn1. The number of aryl methyl sites for hydroxylation is 1.